The molecule has 0 aliphatic carbocycles. The van der Waals surface area contributed by atoms with Crippen LogP contribution >= 0.6 is 0 Å². The van der Waals surface area contributed by atoms with E-state index in [4.69, 9.17) is 4.42 Å². The molecular formula is C9H7NO3. The van der Waals surface area contributed by atoms with Gasteiger partial charge in [0.15, 0.2) is 0 Å². The summed E-state index contributed by atoms with van der Waals surface area (Å²) in [5.74, 6) is -0.208. The molecule has 2 aromatic rings. The second-order valence-electron chi connectivity index (χ2n) is 2.88. The minimum absolute atomic E-state index is 0.208. The summed E-state index contributed by atoms with van der Waals surface area (Å²) in [6.45, 7) is 1.93. The summed E-state index contributed by atoms with van der Waals surface area (Å²) in [6, 6.07) is 6.88. The molecule has 0 saturated carbocycles. The fourth-order valence-electron chi connectivity index (χ4n) is 1.24. The predicted octanol–water partition coefficient (Wildman–Crippen LogP) is 2.65. The van der Waals surface area contributed by atoms with Crippen LogP contribution in [0, 0.1) is 17.0 Å². The van der Waals surface area contributed by atoms with Crippen LogP contribution < -0.4 is 0 Å². The number of nitrogens with zero attached hydrogens (tertiary/aromatic N) is 1. The molecule has 66 valence electrons. The van der Waals surface area contributed by atoms with E-state index in [0.29, 0.717) is 5.58 Å². The quantitative estimate of drug-likeness (QED) is 0.497. The van der Waals surface area contributed by atoms with Crippen LogP contribution in [0.25, 0.3) is 11.0 Å². The summed E-state index contributed by atoms with van der Waals surface area (Å²) >= 11 is 0. The fourth-order valence-corrected chi connectivity index (χ4v) is 1.24. The first kappa shape index (κ1) is 7.79. The van der Waals surface area contributed by atoms with Crippen molar-refractivity contribution in [3.63, 3.8) is 0 Å². The summed E-state index contributed by atoms with van der Waals surface area (Å²) in [5, 5.41) is 11.1. The van der Waals surface area contributed by atoms with E-state index in [1.165, 1.54) is 6.07 Å². The summed E-state index contributed by atoms with van der Waals surface area (Å²) < 4.78 is 4.99. The van der Waals surface area contributed by atoms with Gasteiger partial charge in [-0.05, 0) is 19.1 Å². The van der Waals surface area contributed by atoms with E-state index < -0.39 is 4.92 Å². The highest BCUT2D eigenvalue weighted by molar-refractivity contribution is 5.80. The molecule has 1 heterocycles. The van der Waals surface area contributed by atoms with Gasteiger partial charge in [-0.25, -0.2) is 0 Å². The van der Waals surface area contributed by atoms with Gasteiger partial charge in [-0.1, -0.05) is 11.6 Å². The molecule has 1 aromatic heterocycles. The van der Waals surface area contributed by atoms with Crippen molar-refractivity contribution in [3.05, 3.63) is 39.9 Å². The molecule has 0 N–H and O–H groups in total. The Kier molecular flexibility index (Phi) is 1.55. The van der Waals surface area contributed by atoms with Crippen LogP contribution in [0.3, 0.4) is 0 Å². The Bertz CT molecular complexity index is 473. The van der Waals surface area contributed by atoms with Crippen molar-refractivity contribution in [2.24, 2.45) is 0 Å². The van der Waals surface area contributed by atoms with E-state index in [9.17, 15) is 10.1 Å². The highest BCUT2D eigenvalue weighted by Crippen LogP contribution is 2.24. The maximum absolute atomic E-state index is 10.4. The largest absolute Gasteiger partial charge is 0.434 e. The van der Waals surface area contributed by atoms with Crippen LogP contribution in [0.4, 0.5) is 5.88 Å². The van der Waals surface area contributed by atoms with Gasteiger partial charge in [0.25, 0.3) is 0 Å². The van der Waals surface area contributed by atoms with Gasteiger partial charge in [-0.15, -0.1) is 0 Å². The average molecular weight is 177 g/mol. The van der Waals surface area contributed by atoms with Gasteiger partial charge in [0.1, 0.15) is 10.5 Å². The lowest BCUT2D eigenvalue weighted by atomic mass is 10.2. The van der Waals surface area contributed by atoms with Crippen LogP contribution in [0.1, 0.15) is 5.56 Å². The molecule has 13 heavy (non-hydrogen) atoms. The van der Waals surface area contributed by atoms with Crippen molar-refractivity contribution >= 4 is 16.9 Å². The maximum atomic E-state index is 10.4. The van der Waals surface area contributed by atoms with Crippen LogP contribution in [-0.4, -0.2) is 4.92 Å². The van der Waals surface area contributed by atoms with Gasteiger partial charge in [0.2, 0.25) is 0 Å². The van der Waals surface area contributed by atoms with E-state index in [-0.39, 0.29) is 5.88 Å². The van der Waals surface area contributed by atoms with Crippen molar-refractivity contribution in [1.82, 2.24) is 0 Å². The molecule has 0 unspecified atom stereocenters. The summed E-state index contributed by atoms with van der Waals surface area (Å²) in [7, 11) is 0. The van der Waals surface area contributed by atoms with Gasteiger partial charge in [-0.2, -0.15) is 0 Å². The Morgan fingerprint density at radius 2 is 2.15 bits per heavy atom. The average Bonchev–Trinajstić information content (AvgIpc) is 2.46. The number of hydrogen-bond donors (Lipinski definition) is 0. The zero-order chi connectivity index (χ0) is 9.42. The third kappa shape index (κ3) is 1.26. The number of nitro groups is 1. The van der Waals surface area contributed by atoms with E-state index >= 15 is 0 Å². The van der Waals surface area contributed by atoms with Crippen molar-refractivity contribution in [3.8, 4) is 0 Å². The first-order valence-corrected chi connectivity index (χ1v) is 3.81. The van der Waals surface area contributed by atoms with Crippen molar-refractivity contribution in [2.75, 3.05) is 0 Å². The SMILES string of the molecule is Cc1ccc2oc([N+](=O)[O-])cc2c1. The lowest BCUT2D eigenvalue weighted by Gasteiger charge is -1.88. The predicted molar refractivity (Wildman–Crippen MR) is 47.6 cm³/mol. The normalized spacial score (nSPS) is 10.5. The monoisotopic (exact) mass is 177 g/mol. The van der Waals surface area contributed by atoms with Crippen LogP contribution in [0.2, 0.25) is 0 Å². The molecule has 0 fully saturated rings. The Hall–Kier alpha value is -1.84. The molecule has 0 spiro atoms. The molecule has 4 nitrogen and oxygen atoms in total. The van der Waals surface area contributed by atoms with E-state index in [1.807, 2.05) is 19.1 Å². The highest BCUT2D eigenvalue weighted by atomic mass is 16.6. The van der Waals surface area contributed by atoms with Crippen LogP contribution in [0.5, 0.6) is 0 Å². The number of fused-ring (bicyclic) bond motifs is 1. The first-order valence-electron chi connectivity index (χ1n) is 3.81. The van der Waals surface area contributed by atoms with Crippen LogP contribution in [0.15, 0.2) is 28.7 Å². The van der Waals surface area contributed by atoms with Gasteiger partial charge in [0, 0.05) is 5.39 Å². The lowest BCUT2D eigenvalue weighted by molar-refractivity contribution is -0.401. The van der Waals surface area contributed by atoms with Crippen molar-refractivity contribution < 1.29 is 9.34 Å². The number of aryl methyl sites for hydroxylation is 1. The Labute approximate surface area is 73.9 Å². The topological polar surface area (TPSA) is 56.3 Å². The third-order valence-electron chi connectivity index (χ3n) is 1.84. The van der Waals surface area contributed by atoms with Gasteiger partial charge >= 0.3 is 5.88 Å². The Morgan fingerprint density at radius 3 is 2.85 bits per heavy atom. The summed E-state index contributed by atoms with van der Waals surface area (Å²) in [6.07, 6.45) is 0. The second kappa shape index (κ2) is 2.58. The molecule has 0 saturated heterocycles. The fraction of sp³-hybridized carbons (Fsp3) is 0.111. The van der Waals surface area contributed by atoms with Crippen molar-refractivity contribution in [2.45, 2.75) is 6.92 Å². The Morgan fingerprint density at radius 1 is 1.38 bits per heavy atom. The molecule has 0 atom stereocenters. The smallest absolute Gasteiger partial charge is 0.401 e. The molecule has 0 aliphatic heterocycles. The number of hydrogen-bond acceptors (Lipinski definition) is 3. The Balaban J connectivity index is 2.68. The minimum atomic E-state index is -0.532. The second-order valence-corrected chi connectivity index (χ2v) is 2.88. The molecule has 0 amide bonds. The minimum Gasteiger partial charge on any atom is -0.401 e. The summed E-state index contributed by atoms with van der Waals surface area (Å²) in [5.41, 5.74) is 1.61. The first-order chi connectivity index (χ1) is 6.16. The lowest BCUT2D eigenvalue weighted by Crippen LogP contribution is -1.82. The van der Waals surface area contributed by atoms with Crippen LogP contribution in [-0.2, 0) is 0 Å². The van der Waals surface area contributed by atoms with E-state index in [0.717, 1.165) is 10.9 Å². The number of benzene rings is 1. The van der Waals surface area contributed by atoms with Crippen molar-refractivity contribution in [1.29, 1.82) is 0 Å². The third-order valence-corrected chi connectivity index (χ3v) is 1.84. The van der Waals surface area contributed by atoms with Gasteiger partial charge in [-0.3, -0.25) is 10.1 Å². The molecule has 4 heteroatoms. The number of furan rings is 1. The maximum Gasteiger partial charge on any atom is 0.434 e. The van der Waals surface area contributed by atoms with E-state index in [2.05, 4.69) is 0 Å². The molecule has 2 rings (SSSR count). The molecular weight excluding hydrogens is 170 g/mol. The zero-order valence-corrected chi connectivity index (χ0v) is 6.98. The zero-order valence-electron chi connectivity index (χ0n) is 6.98. The highest BCUT2D eigenvalue weighted by Gasteiger charge is 2.12. The van der Waals surface area contributed by atoms with Gasteiger partial charge < -0.3 is 4.42 Å². The molecule has 1 aromatic carbocycles. The molecule has 0 radical (unpaired) electrons. The van der Waals surface area contributed by atoms with Gasteiger partial charge in [0.05, 0.1) is 6.07 Å². The number of rotatable bonds is 1. The summed E-state index contributed by atoms with van der Waals surface area (Å²) in [4.78, 5) is 9.83. The standard InChI is InChI=1S/C9H7NO3/c1-6-2-3-8-7(4-6)5-9(13-8)10(11)12/h2-5H,1H3. The molecule has 0 bridgehead atoms. The molecule has 0 aliphatic rings. The van der Waals surface area contributed by atoms with E-state index in [1.54, 1.807) is 6.07 Å².